The predicted molar refractivity (Wildman–Crippen MR) is 92.7 cm³/mol. The van der Waals surface area contributed by atoms with E-state index in [1.54, 1.807) is 0 Å². The van der Waals surface area contributed by atoms with E-state index in [9.17, 15) is 0 Å². The van der Waals surface area contributed by atoms with Crippen molar-refractivity contribution in [2.45, 2.75) is 46.5 Å². The second-order valence-corrected chi connectivity index (χ2v) is 7.38. The predicted octanol–water partition coefficient (Wildman–Crippen LogP) is 5.92. The maximum Gasteiger partial charge on any atom is -0.00544 e. The van der Waals surface area contributed by atoms with Crippen molar-refractivity contribution >= 4 is 6.08 Å². The Morgan fingerprint density at radius 1 is 0.905 bits per heavy atom. The molecule has 0 nitrogen and oxygen atoms in total. The van der Waals surface area contributed by atoms with Crippen molar-refractivity contribution in [2.24, 2.45) is 0 Å². The quantitative estimate of drug-likeness (QED) is 0.606. The maximum absolute atomic E-state index is 2.33. The monoisotopic (exact) mass is 276 g/mol. The number of benzene rings is 2. The largest absolute Gasteiger partial charge is 0.0683 e. The first kappa shape index (κ1) is 14.1. The minimum Gasteiger partial charge on any atom is -0.0683 e. The van der Waals surface area contributed by atoms with Gasteiger partial charge in [0.25, 0.3) is 0 Å². The van der Waals surface area contributed by atoms with Crippen LogP contribution in [0.15, 0.2) is 42.0 Å². The lowest BCUT2D eigenvalue weighted by Crippen LogP contribution is -2.10. The fraction of sp³-hybridized carbons (Fsp3) is 0.333. The third kappa shape index (κ3) is 2.68. The molecule has 0 aromatic heterocycles. The van der Waals surface area contributed by atoms with E-state index in [0.717, 1.165) is 6.42 Å². The van der Waals surface area contributed by atoms with Crippen molar-refractivity contribution in [1.82, 2.24) is 0 Å². The summed E-state index contributed by atoms with van der Waals surface area (Å²) in [7, 11) is 0. The van der Waals surface area contributed by atoms with Gasteiger partial charge in [-0.1, -0.05) is 68.8 Å². The lowest BCUT2D eigenvalue weighted by molar-refractivity contribution is 0.590. The lowest BCUT2D eigenvalue weighted by atomic mass is 9.85. The van der Waals surface area contributed by atoms with Crippen LogP contribution in [0.25, 0.3) is 17.2 Å². The highest BCUT2D eigenvalue weighted by Gasteiger charge is 2.17. The van der Waals surface area contributed by atoms with E-state index < -0.39 is 0 Å². The number of rotatable bonds is 1. The van der Waals surface area contributed by atoms with Crippen molar-refractivity contribution in [3.8, 4) is 11.1 Å². The fourth-order valence-electron chi connectivity index (χ4n) is 3.17. The molecule has 0 amide bonds. The summed E-state index contributed by atoms with van der Waals surface area (Å²) < 4.78 is 0. The van der Waals surface area contributed by atoms with E-state index >= 15 is 0 Å². The van der Waals surface area contributed by atoms with Crippen LogP contribution in [0.1, 0.15) is 49.9 Å². The highest BCUT2D eigenvalue weighted by molar-refractivity contribution is 5.78. The Kier molecular flexibility index (Phi) is 3.28. The third-order valence-electron chi connectivity index (χ3n) is 4.35. The molecule has 0 unspecified atom stereocenters. The smallest absolute Gasteiger partial charge is 0.00544 e. The van der Waals surface area contributed by atoms with Crippen LogP contribution in [0, 0.1) is 6.92 Å². The molecule has 0 atom stereocenters. The average Bonchev–Trinajstić information content (AvgIpc) is 2.77. The van der Waals surface area contributed by atoms with E-state index in [4.69, 9.17) is 0 Å². The van der Waals surface area contributed by atoms with Crippen LogP contribution >= 0.6 is 0 Å². The molecule has 0 fully saturated rings. The summed E-state index contributed by atoms with van der Waals surface area (Å²) in [5.41, 5.74) is 10.0. The highest BCUT2D eigenvalue weighted by atomic mass is 14.2. The Morgan fingerprint density at radius 2 is 1.57 bits per heavy atom. The van der Waals surface area contributed by atoms with Gasteiger partial charge in [-0.05, 0) is 59.1 Å². The molecule has 0 radical (unpaired) electrons. The van der Waals surface area contributed by atoms with Crippen LogP contribution in [0.2, 0.25) is 0 Å². The normalized spacial score (nSPS) is 14.0. The van der Waals surface area contributed by atoms with E-state index in [1.165, 1.54) is 39.0 Å². The van der Waals surface area contributed by atoms with Gasteiger partial charge in [-0.25, -0.2) is 0 Å². The minimum atomic E-state index is 0.214. The molecule has 3 rings (SSSR count). The Balaban J connectivity index is 2.07. The third-order valence-corrected chi connectivity index (χ3v) is 4.35. The summed E-state index contributed by atoms with van der Waals surface area (Å²) in [6.07, 6.45) is 3.42. The van der Waals surface area contributed by atoms with Gasteiger partial charge in [0.15, 0.2) is 0 Å². The lowest BCUT2D eigenvalue weighted by Gasteiger charge is -2.19. The first-order valence-corrected chi connectivity index (χ1v) is 7.76. The summed E-state index contributed by atoms with van der Waals surface area (Å²) in [6, 6.07) is 13.8. The molecule has 2 aromatic carbocycles. The van der Waals surface area contributed by atoms with Crippen molar-refractivity contribution in [1.29, 1.82) is 0 Å². The van der Waals surface area contributed by atoms with Gasteiger partial charge < -0.3 is 0 Å². The zero-order valence-corrected chi connectivity index (χ0v) is 13.7. The number of allylic oxidation sites excluding steroid dienone is 1. The second-order valence-electron chi connectivity index (χ2n) is 7.38. The standard InChI is InChI=1S/C21H24/c1-14-10-17-11-15(2)13-20(17)19(12-14)16-6-8-18(9-7-16)21(3,4)5/h6-12H,13H2,1-5H3. The van der Waals surface area contributed by atoms with Crippen molar-refractivity contribution in [3.63, 3.8) is 0 Å². The van der Waals surface area contributed by atoms with Crippen LogP contribution in [0.3, 0.4) is 0 Å². The summed E-state index contributed by atoms with van der Waals surface area (Å²) in [4.78, 5) is 0. The van der Waals surface area contributed by atoms with Crippen molar-refractivity contribution < 1.29 is 0 Å². The maximum atomic E-state index is 2.33. The number of fused-ring (bicyclic) bond motifs is 1. The second kappa shape index (κ2) is 4.87. The van der Waals surface area contributed by atoms with Gasteiger partial charge in [0, 0.05) is 0 Å². The van der Waals surface area contributed by atoms with Gasteiger partial charge in [-0.2, -0.15) is 0 Å². The molecule has 1 aliphatic carbocycles. The van der Waals surface area contributed by atoms with Gasteiger partial charge in [0.1, 0.15) is 0 Å². The summed E-state index contributed by atoms with van der Waals surface area (Å²) >= 11 is 0. The van der Waals surface area contributed by atoms with E-state index in [2.05, 4.69) is 77.1 Å². The number of hydrogen-bond acceptors (Lipinski definition) is 0. The molecule has 0 heterocycles. The van der Waals surface area contributed by atoms with Crippen LogP contribution in [0.5, 0.6) is 0 Å². The molecule has 0 heteroatoms. The van der Waals surface area contributed by atoms with Crippen molar-refractivity contribution in [2.75, 3.05) is 0 Å². The molecular weight excluding hydrogens is 252 g/mol. The average molecular weight is 276 g/mol. The minimum absolute atomic E-state index is 0.214. The first-order chi connectivity index (χ1) is 9.84. The van der Waals surface area contributed by atoms with E-state index in [0.29, 0.717) is 0 Å². The fourth-order valence-corrected chi connectivity index (χ4v) is 3.17. The van der Waals surface area contributed by atoms with Gasteiger partial charge in [0.2, 0.25) is 0 Å². The topological polar surface area (TPSA) is 0 Å². The molecule has 1 aliphatic rings. The molecule has 0 bridgehead atoms. The Morgan fingerprint density at radius 3 is 2.19 bits per heavy atom. The van der Waals surface area contributed by atoms with Crippen molar-refractivity contribution in [3.05, 3.63) is 64.2 Å². The molecule has 21 heavy (non-hydrogen) atoms. The van der Waals surface area contributed by atoms with Crippen LogP contribution < -0.4 is 0 Å². The summed E-state index contributed by atoms with van der Waals surface area (Å²) in [5, 5.41) is 0. The van der Waals surface area contributed by atoms with E-state index in [1.807, 2.05) is 0 Å². The Bertz CT molecular complexity index is 707. The Labute approximate surface area is 128 Å². The zero-order valence-electron chi connectivity index (χ0n) is 13.7. The van der Waals surface area contributed by atoms with Gasteiger partial charge in [0.05, 0.1) is 0 Å². The van der Waals surface area contributed by atoms with Gasteiger partial charge >= 0.3 is 0 Å². The molecule has 0 saturated heterocycles. The SMILES string of the molecule is CC1=Cc2cc(C)cc(-c3ccc(C(C)(C)C)cc3)c2C1. The summed E-state index contributed by atoms with van der Waals surface area (Å²) in [5.74, 6) is 0. The molecule has 0 N–H and O–H groups in total. The van der Waals surface area contributed by atoms with E-state index in [-0.39, 0.29) is 5.41 Å². The summed E-state index contributed by atoms with van der Waals surface area (Å²) in [6.45, 7) is 11.2. The molecule has 0 aliphatic heterocycles. The highest BCUT2D eigenvalue weighted by Crippen LogP contribution is 2.35. The molecule has 108 valence electrons. The van der Waals surface area contributed by atoms with Gasteiger partial charge in [-0.3, -0.25) is 0 Å². The first-order valence-electron chi connectivity index (χ1n) is 7.76. The molecular formula is C21H24. The zero-order chi connectivity index (χ0) is 15.2. The number of aryl methyl sites for hydroxylation is 1. The van der Waals surface area contributed by atoms with Crippen LogP contribution in [-0.4, -0.2) is 0 Å². The molecule has 0 saturated carbocycles. The Hall–Kier alpha value is -1.82. The number of hydrogen-bond donors (Lipinski definition) is 0. The molecule has 2 aromatic rings. The van der Waals surface area contributed by atoms with Crippen LogP contribution in [-0.2, 0) is 11.8 Å². The van der Waals surface area contributed by atoms with Crippen LogP contribution in [0.4, 0.5) is 0 Å². The molecule has 0 spiro atoms. The van der Waals surface area contributed by atoms with Gasteiger partial charge in [-0.15, -0.1) is 0 Å².